The maximum absolute atomic E-state index is 11.3. The molecule has 1 atom stereocenters. The number of hydrogen-bond acceptors (Lipinski definition) is 4. The predicted octanol–water partition coefficient (Wildman–Crippen LogP) is 0.945. The zero-order valence-electron chi connectivity index (χ0n) is 6.60. The highest BCUT2D eigenvalue weighted by molar-refractivity contribution is 7.55. The molecule has 6 heteroatoms. The van der Waals surface area contributed by atoms with E-state index in [9.17, 15) is 9.36 Å². The van der Waals surface area contributed by atoms with E-state index in [2.05, 4.69) is 9.05 Å². The second-order valence-electron chi connectivity index (χ2n) is 1.92. The van der Waals surface area contributed by atoms with Crippen molar-refractivity contribution in [2.45, 2.75) is 12.6 Å². The van der Waals surface area contributed by atoms with Crippen LogP contribution >= 0.6 is 7.60 Å². The summed E-state index contributed by atoms with van der Waals surface area (Å²) in [7, 11) is -1.11. The van der Waals surface area contributed by atoms with Crippen molar-refractivity contribution in [1.29, 1.82) is 0 Å². The van der Waals surface area contributed by atoms with Gasteiger partial charge in [0.05, 0.1) is 0 Å². The zero-order chi connectivity index (χ0) is 9.07. The summed E-state index contributed by atoms with van der Waals surface area (Å²) < 4.78 is 20.2. The molecule has 1 unspecified atom stereocenters. The fourth-order valence-electron chi connectivity index (χ4n) is 0.526. The van der Waals surface area contributed by atoms with Crippen LogP contribution < -0.4 is 0 Å². The molecule has 0 spiro atoms. The van der Waals surface area contributed by atoms with E-state index in [4.69, 9.17) is 5.11 Å². The molecule has 11 heavy (non-hydrogen) atoms. The third-order valence-electron chi connectivity index (χ3n) is 1.34. The van der Waals surface area contributed by atoms with E-state index in [1.54, 1.807) is 0 Å². The van der Waals surface area contributed by atoms with E-state index in [0.717, 1.165) is 14.2 Å². The second-order valence-corrected chi connectivity index (χ2v) is 4.50. The van der Waals surface area contributed by atoms with Crippen LogP contribution in [-0.4, -0.2) is 31.0 Å². The molecule has 0 rings (SSSR count). The molecule has 0 amide bonds. The van der Waals surface area contributed by atoms with Gasteiger partial charge in [0.15, 0.2) is 5.66 Å². The van der Waals surface area contributed by atoms with Gasteiger partial charge >= 0.3 is 13.6 Å². The third kappa shape index (κ3) is 2.29. The Kier molecular flexibility index (Phi) is 3.72. The van der Waals surface area contributed by atoms with Crippen LogP contribution in [0.25, 0.3) is 0 Å². The van der Waals surface area contributed by atoms with E-state index in [1.165, 1.54) is 6.92 Å². The van der Waals surface area contributed by atoms with Crippen molar-refractivity contribution in [3.63, 3.8) is 0 Å². The van der Waals surface area contributed by atoms with Gasteiger partial charge in [-0.05, 0) is 6.92 Å². The van der Waals surface area contributed by atoms with Crippen LogP contribution in [0.1, 0.15) is 6.92 Å². The van der Waals surface area contributed by atoms with Crippen molar-refractivity contribution >= 4 is 13.6 Å². The predicted molar refractivity (Wildman–Crippen MR) is 38.7 cm³/mol. The monoisotopic (exact) mass is 182 g/mol. The average molecular weight is 182 g/mol. The number of rotatable bonds is 4. The van der Waals surface area contributed by atoms with Crippen LogP contribution in [0.4, 0.5) is 0 Å². The van der Waals surface area contributed by atoms with Gasteiger partial charge < -0.3 is 14.2 Å². The maximum Gasteiger partial charge on any atom is 0.344 e. The normalized spacial score (nSPS) is 14.5. The Hall–Kier alpha value is -0.380. The molecule has 5 nitrogen and oxygen atoms in total. The second kappa shape index (κ2) is 3.85. The van der Waals surface area contributed by atoms with Gasteiger partial charge in [0.25, 0.3) is 0 Å². The molecule has 1 N–H and O–H groups in total. The first kappa shape index (κ1) is 10.6. The van der Waals surface area contributed by atoms with Gasteiger partial charge in [0.1, 0.15) is 0 Å². The van der Waals surface area contributed by atoms with E-state index in [-0.39, 0.29) is 0 Å². The fraction of sp³-hybridized carbons (Fsp3) is 0.800. The molecule has 0 bridgehead atoms. The van der Waals surface area contributed by atoms with Crippen LogP contribution in [0.5, 0.6) is 0 Å². The van der Waals surface area contributed by atoms with Gasteiger partial charge in [0, 0.05) is 14.2 Å². The minimum Gasteiger partial charge on any atom is -0.481 e. The molecule has 0 aromatic rings. The summed E-state index contributed by atoms with van der Waals surface area (Å²) >= 11 is 0. The number of carboxylic acid groups (broad SMARTS) is 1. The van der Waals surface area contributed by atoms with Gasteiger partial charge in [-0.2, -0.15) is 0 Å². The Labute approximate surface area is 64.8 Å². The van der Waals surface area contributed by atoms with Crippen molar-refractivity contribution in [3.8, 4) is 0 Å². The first-order chi connectivity index (χ1) is 4.98. The summed E-state index contributed by atoms with van der Waals surface area (Å²) in [5, 5.41) is 8.45. The van der Waals surface area contributed by atoms with E-state index >= 15 is 0 Å². The lowest BCUT2D eigenvalue weighted by Crippen LogP contribution is -2.17. The van der Waals surface area contributed by atoms with Crippen LogP contribution in [0.2, 0.25) is 0 Å². The van der Waals surface area contributed by atoms with Crippen LogP contribution in [0.3, 0.4) is 0 Å². The lowest BCUT2D eigenvalue weighted by Gasteiger charge is -2.16. The van der Waals surface area contributed by atoms with Crippen molar-refractivity contribution in [3.05, 3.63) is 0 Å². The largest absolute Gasteiger partial charge is 0.481 e. The van der Waals surface area contributed by atoms with Crippen molar-refractivity contribution in [2.75, 3.05) is 14.2 Å². The van der Waals surface area contributed by atoms with Crippen LogP contribution in [0, 0.1) is 0 Å². The highest BCUT2D eigenvalue weighted by Gasteiger charge is 2.35. The van der Waals surface area contributed by atoms with Gasteiger partial charge in [0.2, 0.25) is 0 Å². The quantitative estimate of drug-likeness (QED) is 0.655. The molecule has 0 saturated carbocycles. The molecule has 0 saturated heterocycles. The van der Waals surface area contributed by atoms with E-state index in [1.807, 2.05) is 0 Å². The summed E-state index contributed by atoms with van der Waals surface area (Å²) in [4.78, 5) is 10.3. The zero-order valence-corrected chi connectivity index (χ0v) is 7.50. The smallest absolute Gasteiger partial charge is 0.344 e. The van der Waals surface area contributed by atoms with Crippen molar-refractivity contribution in [1.82, 2.24) is 0 Å². The Balaban J connectivity index is 4.51. The van der Waals surface area contributed by atoms with E-state index < -0.39 is 19.2 Å². The van der Waals surface area contributed by atoms with Gasteiger partial charge in [-0.3, -0.25) is 9.36 Å². The SMILES string of the molecule is COP(=O)(OC)C(C)C(=O)O. The Morgan fingerprint density at radius 3 is 1.91 bits per heavy atom. The lowest BCUT2D eigenvalue weighted by molar-refractivity contribution is -0.136. The highest BCUT2D eigenvalue weighted by atomic mass is 31.2. The molecule has 0 aliphatic heterocycles. The van der Waals surface area contributed by atoms with Gasteiger partial charge in [-0.1, -0.05) is 0 Å². The third-order valence-corrected chi connectivity index (χ3v) is 3.53. The van der Waals surface area contributed by atoms with Gasteiger partial charge in [-0.25, -0.2) is 0 Å². The minimum atomic E-state index is -3.43. The minimum absolute atomic E-state index is 1.13. The Morgan fingerprint density at radius 2 is 1.82 bits per heavy atom. The summed E-state index contributed by atoms with van der Waals surface area (Å²) in [5.74, 6) is -1.20. The van der Waals surface area contributed by atoms with Crippen LogP contribution in [0.15, 0.2) is 0 Å². The van der Waals surface area contributed by atoms with Crippen LogP contribution in [-0.2, 0) is 18.4 Å². The summed E-state index contributed by atoms with van der Waals surface area (Å²) in [6.07, 6.45) is 0. The van der Waals surface area contributed by atoms with Gasteiger partial charge in [-0.15, -0.1) is 0 Å². The Morgan fingerprint density at radius 1 is 1.45 bits per heavy atom. The maximum atomic E-state index is 11.3. The number of hydrogen-bond donors (Lipinski definition) is 1. The van der Waals surface area contributed by atoms with Crippen molar-refractivity contribution < 1.29 is 23.5 Å². The molecule has 0 radical (unpaired) electrons. The van der Waals surface area contributed by atoms with Crippen molar-refractivity contribution in [2.24, 2.45) is 0 Å². The number of aliphatic carboxylic acids is 1. The highest BCUT2D eigenvalue weighted by Crippen LogP contribution is 2.51. The summed E-state index contributed by atoms with van der Waals surface area (Å²) in [5.41, 5.74) is -1.13. The molecule has 0 aliphatic carbocycles. The first-order valence-electron chi connectivity index (χ1n) is 2.92. The molecule has 0 aromatic heterocycles. The standard InChI is InChI=1S/C5H11O5P/c1-4(5(6)7)11(8,9-2)10-3/h4H,1-3H3,(H,6,7). The number of carbonyl (C=O) groups is 1. The number of carboxylic acids is 1. The molecule has 0 aliphatic rings. The molecular formula is C5H11O5P. The molecule has 0 fully saturated rings. The first-order valence-corrected chi connectivity index (χ1v) is 4.53. The molecule has 66 valence electrons. The van der Waals surface area contributed by atoms with E-state index in [0.29, 0.717) is 0 Å². The fourth-order valence-corrected chi connectivity index (χ4v) is 1.58. The molecular weight excluding hydrogens is 171 g/mol. The topological polar surface area (TPSA) is 72.8 Å². The summed E-state index contributed by atoms with van der Waals surface area (Å²) in [6, 6.07) is 0. The molecule has 0 heterocycles. The molecule has 0 aromatic carbocycles. The Bertz CT molecular complexity index is 181. The summed E-state index contributed by atoms with van der Waals surface area (Å²) in [6.45, 7) is 1.27. The lowest BCUT2D eigenvalue weighted by atomic mass is 10.5. The average Bonchev–Trinajstić information content (AvgIpc) is 2.01.